The fourth-order valence-electron chi connectivity index (χ4n) is 2.36. The van der Waals surface area contributed by atoms with Gasteiger partial charge in [-0.25, -0.2) is 0 Å². The second kappa shape index (κ2) is 1.60. The first-order valence-corrected chi connectivity index (χ1v) is 4.44. The summed E-state index contributed by atoms with van der Waals surface area (Å²) in [4.78, 5) is 0. The van der Waals surface area contributed by atoms with Gasteiger partial charge in [-0.1, -0.05) is 24.3 Å². The number of hydrogen-bond donors (Lipinski definition) is 0. The highest BCUT2D eigenvalue weighted by Gasteiger charge is 2.69. The lowest BCUT2D eigenvalue weighted by atomic mass is 9.71. The summed E-state index contributed by atoms with van der Waals surface area (Å²) in [7, 11) is 0. The molecule has 0 aromatic heterocycles. The summed E-state index contributed by atoms with van der Waals surface area (Å²) in [6.45, 7) is 4.34. The normalized spacial score (nSPS) is 34.2. The maximum absolute atomic E-state index is 5.75. The predicted molar refractivity (Wildman–Crippen MR) is 47.0 cm³/mol. The standard InChI is InChI=1S/C11H12O/c1-10(2)11(12-10)7-8-5-3-4-6-9(8)11/h3-6H,7H2,1-2H3. The van der Waals surface area contributed by atoms with Gasteiger partial charge in [0, 0.05) is 6.42 Å². The van der Waals surface area contributed by atoms with Gasteiger partial charge in [0.15, 0.2) is 0 Å². The van der Waals surface area contributed by atoms with Gasteiger partial charge in [-0.3, -0.25) is 0 Å². The van der Waals surface area contributed by atoms with Gasteiger partial charge in [-0.05, 0) is 25.0 Å². The number of hydrogen-bond acceptors (Lipinski definition) is 1. The molecule has 1 aliphatic heterocycles. The Morgan fingerprint density at radius 3 is 2.50 bits per heavy atom. The third-order valence-corrected chi connectivity index (χ3v) is 3.25. The first-order valence-electron chi connectivity index (χ1n) is 4.44. The molecule has 2 aliphatic rings. The van der Waals surface area contributed by atoms with Crippen molar-refractivity contribution in [1.82, 2.24) is 0 Å². The lowest BCUT2D eigenvalue weighted by Gasteiger charge is -2.28. The Kier molecular flexibility index (Phi) is 0.887. The fourth-order valence-corrected chi connectivity index (χ4v) is 2.36. The molecule has 1 spiro atoms. The van der Waals surface area contributed by atoms with Crippen LogP contribution in [0.15, 0.2) is 24.3 Å². The average Bonchev–Trinajstić information content (AvgIpc) is 2.55. The van der Waals surface area contributed by atoms with Crippen LogP contribution in [0.1, 0.15) is 25.0 Å². The van der Waals surface area contributed by atoms with Crippen LogP contribution in [0.4, 0.5) is 0 Å². The van der Waals surface area contributed by atoms with Gasteiger partial charge in [0.2, 0.25) is 0 Å². The zero-order chi connectivity index (χ0) is 8.40. The Balaban J connectivity index is 2.11. The van der Waals surface area contributed by atoms with Crippen LogP contribution in [0.2, 0.25) is 0 Å². The van der Waals surface area contributed by atoms with E-state index in [4.69, 9.17) is 4.74 Å². The van der Waals surface area contributed by atoms with Crippen molar-refractivity contribution in [2.45, 2.75) is 31.5 Å². The van der Waals surface area contributed by atoms with Crippen LogP contribution in [-0.4, -0.2) is 5.60 Å². The molecule has 0 saturated carbocycles. The highest BCUT2D eigenvalue weighted by Crippen LogP contribution is 2.63. The van der Waals surface area contributed by atoms with E-state index >= 15 is 0 Å². The summed E-state index contributed by atoms with van der Waals surface area (Å²) in [5.74, 6) is 0. The van der Waals surface area contributed by atoms with Gasteiger partial charge >= 0.3 is 0 Å². The molecule has 0 bridgehead atoms. The highest BCUT2D eigenvalue weighted by atomic mass is 16.6. The van der Waals surface area contributed by atoms with E-state index in [-0.39, 0.29) is 11.2 Å². The number of benzene rings is 1. The van der Waals surface area contributed by atoms with E-state index in [1.165, 1.54) is 11.1 Å². The minimum absolute atomic E-state index is 0.0847. The van der Waals surface area contributed by atoms with Crippen LogP contribution >= 0.6 is 0 Å². The summed E-state index contributed by atoms with van der Waals surface area (Å²) < 4.78 is 5.75. The first kappa shape index (κ1) is 6.67. The minimum Gasteiger partial charge on any atom is -0.358 e. The van der Waals surface area contributed by atoms with Gasteiger partial charge in [-0.2, -0.15) is 0 Å². The Bertz CT molecular complexity index is 354. The van der Waals surface area contributed by atoms with Gasteiger partial charge in [-0.15, -0.1) is 0 Å². The van der Waals surface area contributed by atoms with Crippen molar-refractivity contribution in [1.29, 1.82) is 0 Å². The van der Waals surface area contributed by atoms with Crippen LogP contribution in [0.5, 0.6) is 0 Å². The van der Waals surface area contributed by atoms with Crippen molar-refractivity contribution >= 4 is 0 Å². The van der Waals surface area contributed by atoms with Crippen molar-refractivity contribution in [3.8, 4) is 0 Å². The van der Waals surface area contributed by atoms with Crippen molar-refractivity contribution < 1.29 is 4.74 Å². The average molecular weight is 160 g/mol. The minimum atomic E-state index is 0.0847. The summed E-state index contributed by atoms with van der Waals surface area (Å²) >= 11 is 0. The molecule has 1 saturated heterocycles. The molecule has 62 valence electrons. The molecule has 0 N–H and O–H groups in total. The Morgan fingerprint density at radius 1 is 1.25 bits per heavy atom. The maximum atomic E-state index is 5.75. The quantitative estimate of drug-likeness (QED) is 0.530. The van der Waals surface area contributed by atoms with Crippen LogP contribution in [0.3, 0.4) is 0 Å². The predicted octanol–water partition coefficient (Wildman–Crippen LogP) is 2.25. The molecule has 1 aliphatic carbocycles. The van der Waals surface area contributed by atoms with Crippen molar-refractivity contribution in [2.24, 2.45) is 0 Å². The van der Waals surface area contributed by atoms with Gasteiger partial charge < -0.3 is 4.74 Å². The third-order valence-electron chi connectivity index (χ3n) is 3.25. The monoisotopic (exact) mass is 160 g/mol. The lowest BCUT2D eigenvalue weighted by molar-refractivity contribution is 0.257. The lowest BCUT2D eigenvalue weighted by Crippen LogP contribution is -2.31. The second-order valence-electron chi connectivity index (χ2n) is 4.27. The second-order valence-corrected chi connectivity index (χ2v) is 4.27. The molecule has 1 aromatic carbocycles. The molecule has 1 heteroatoms. The summed E-state index contributed by atoms with van der Waals surface area (Å²) in [6, 6.07) is 8.57. The number of fused-ring (bicyclic) bond motifs is 2. The van der Waals surface area contributed by atoms with E-state index in [1.54, 1.807) is 0 Å². The first-order chi connectivity index (χ1) is 5.66. The molecule has 1 fully saturated rings. The molecule has 1 nitrogen and oxygen atoms in total. The van der Waals surface area contributed by atoms with Gasteiger partial charge in [0.1, 0.15) is 5.60 Å². The van der Waals surface area contributed by atoms with E-state index < -0.39 is 0 Å². The number of epoxide rings is 1. The molecule has 1 aromatic rings. The van der Waals surface area contributed by atoms with E-state index in [0.29, 0.717) is 0 Å². The van der Waals surface area contributed by atoms with Crippen LogP contribution < -0.4 is 0 Å². The highest BCUT2D eigenvalue weighted by molar-refractivity contribution is 5.49. The Morgan fingerprint density at radius 2 is 1.92 bits per heavy atom. The summed E-state index contributed by atoms with van der Waals surface area (Å²) in [5, 5.41) is 0. The SMILES string of the molecule is CC1(C)OC12Cc1ccccc12. The molecule has 0 amide bonds. The number of rotatable bonds is 0. The zero-order valence-corrected chi connectivity index (χ0v) is 7.42. The fraction of sp³-hybridized carbons (Fsp3) is 0.455. The van der Waals surface area contributed by atoms with Crippen LogP contribution in [0, 0.1) is 0 Å². The summed E-state index contributed by atoms with van der Waals surface area (Å²) in [6.07, 6.45) is 1.11. The third kappa shape index (κ3) is 0.526. The Labute approximate surface area is 72.4 Å². The molecule has 3 rings (SSSR count). The van der Waals surface area contributed by atoms with Crippen molar-refractivity contribution in [3.05, 3.63) is 35.4 Å². The van der Waals surface area contributed by atoms with E-state index in [9.17, 15) is 0 Å². The van der Waals surface area contributed by atoms with Crippen LogP contribution in [0.25, 0.3) is 0 Å². The molecule has 1 heterocycles. The molecule has 1 atom stereocenters. The molecule has 1 unspecified atom stereocenters. The van der Waals surface area contributed by atoms with Gasteiger partial charge in [0.25, 0.3) is 0 Å². The topological polar surface area (TPSA) is 12.5 Å². The van der Waals surface area contributed by atoms with E-state index in [0.717, 1.165) is 6.42 Å². The Hall–Kier alpha value is -0.820. The smallest absolute Gasteiger partial charge is 0.127 e. The maximum Gasteiger partial charge on any atom is 0.127 e. The van der Waals surface area contributed by atoms with Gasteiger partial charge in [0.05, 0.1) is 5.60 Å². The largest absolute Gasteiger partial charge is 0.358 e. The molecular formula is C11H12O. The number of ether oxygens (including phenoxy) is 1. The zero-order valence-electron chi connectivity index (χ0n) is 7.42. The molecule has 0 radical (unpaired) electrons. The van der Waals surface area contributed by atoms with Crippen LogP contribution in [-0.2, 0) is 16.8 Å². The van der Waals surface area contributed by atoms with E-state index in [2.05, 4.69) is 38.1 Å². The molecular weight excluding hydrogens is 148 g/mol. The molecule has 12 heavy (non-hydrogen) atoms. The summed E-state index contributed by atoms with van der Waals surface area (Å²) in [5.41, 5.74) is 3.06. The van der Waals surface area contributed by atoms with Crippen molar-refractivity contribution in [3.63, 3.8) is 0 Å². The van der Waals surface area contributed by atoms with E-state index in [1.807, 2.05) is 0 Å². The van der Waals surface area contributed by atoms with Crippen molar-refractivity contribution in [2.75, 3.05) is 0 Å².